The summed E-state index contributed by atoms with van der Waals surface area (Å²) in [6.45, 7) is 7.35. The molecule has 0 rings (SSSR count). The van der Waals surface area contributed by atoms with Crippen LogP contribution in [0, 0.1) is 0 Å². The molecular weight excluding hydrogens is 230 g/mol. The first-order valence-electron chi connectivity index (χ1n) is 5.29. The molecule has 0 fully saturated rings. The standard InChI is InChI=1S/C10H21NO4S/c1-5-15-9(12)8-11-6-7-16(13,14)10(2,3)4/h11H,5-8H2,1-4H3. The first kappa shape index (κ1) is 15.4. The molecule has 6 heteroatoms. The largest absolute Gasteiger partial charge is 0.465 e. The second-order valence-electron chi connectivity index (χ2n) is 4.41. The maximum absolute atomic E-state index is 11.7. The van der Waals surface area contributed by atoms with Crippen LogP contribution in [0.3, 0.4) is 0 Å². The predicted molar refractivity (Wildman–Crippen MR) is 63.0 cm³/mol. The Kier molecular flexibility index (Phi) is 5.96. The van der Waals surface area contributed by atoms with Crippen LogP contribution in [-0.4, -0.2) is 44.6 Å². The Labute approximate surface area is 97.5 Å². The van der Waals surface area contributed by atoms with Crippen LogP contribution >= 0.6 is 0 Å². The van der Waals surface area contributed by atoms with E-state index in [1.165, 1.54) is 0 Å². The fourth-order valence-corrected chi connectivity index (χ4v) is 1.94. The SMILES string of the molecule is CCOC(=O)CNCCS(=O)(=O)C(C)(C)C. The van der Waals surface area contributed by atoms with Gasteiger partial charge in [-0.15, -0.1) is 0 Å². The van der Waals surface area contributed by atoms with Crippen molar-refractivity contribution in [3.8, 4) is 0 Å². The number of hydrogen-bond acceptors (Lipinski definition) is 5. The summed E-state index contributed by atoms with van der Waals surface area (Å²) in [5, 5.41) is 2.74. The van der Waals surface area contributed by atoms with Crippen molar-refractivity contribution < 1.29 is 17.9 Å². The molecule has 16 heavy (non-hydrogen) atoms. The molecule has 0 saturated heterocycles. The van der Waals surface area contributed by atoms with Gasteiger partial charge in [0.2, 0.25) is 0 Å². The van der Waals surface area contributed by atoms with E-state index in [4.69, 9.17) is 4.74 Å². The van der Waals surface area contributed by atoms with E-state index < -0.39 is 14.6 Å². The normalized spacial score (nSPS) is 12.5. The average molecular weight is 251 g/mol. The summed E-state index contributed by atoms with van der Waals surface area (Å²) >= 11 is 0. The molecule has 96 valence electrons. The van der Waals surface area contributed by atoms with E-state index in [0.29, 0.717) is 6.61 Å². The third kappa shape index (κ3) is 5.46. The van der Waals surface area contributed by atoms with Crippen LogP contribution in [0.15, 0.2) is 0 Å². The van der Waals surface area contributed by atoms with Crippen molar-refractivity contribution >= 4 is 15.8 Å². The van der Waals surface area contributed by atoms with Gasteiger partial charge in [0.05, 0.1) is 23.7 Å². The second-order valence-corrected chi connectivity index (χ2v) is 7.28. The van der Waals surface area contributed by atoms with Crippen molar-refractivity contribution in [2.75, 3.05) is 25.4 Å². The van der Waals surface area contributed by atoms with Crippen LogP contribution in [0.2, 0.25) is 0 Å². The molecule has 0 bridgehead atoms. The molecule has 1 N–H and O–H groups in total. The topological polar surface area (TPSA) is 72.5 Å². The molecule has 0 aromatic rings. The van der Waals surface area contributed by atoms with Crippen LogP contribution in [0.4, 0.5) is 0 Å². The van der Waals surface area contributed by atoms with Crippen LogP contribution in [0.1, 0.15) is 27.7 Å². The Morgan fingerprint density at radius 1 is 1.31 bits per heavy atom. The zero-order chi connectivity index (χ0) is 12.8. The fourth-order valence-electron chi connectivity index (χ4n) is 0.915. The smallest absolute Gasteiger partial charge is 0.319 e. The Morgan fingerprint density at radius 2 is 1.88 bits per heavy atom. The number of carbonyl (C=O) groups is 1. The minimum atomic E-state index is -3.12. The highest BCUT2D eigenvalue weighted by Gasteiger charge is 2.28. The van der Waals surface area contributed by atoms with Crippen LogP contribution in [0.5, 0.6) is 0 Å². The van der Waals surface area contributed by atoms with Gasteiger partial charge in [-0.2, -0.15) is 0 Å². The summed E-state index contributed by atoms with van der Waals surface area (Å²) in [6.07, 6.45) is 0. The first-order valence-corrected chi connectivity index (χ1v) is 6.94. The summed E-state index contributed by atoms with van der Waals surface area (Å²) in [5.74, 6) is -0.341. The van der Waals surface area contributed by atoms with E-state index in [0.717, 1.165) is 0 Å². The molecule has 0 aliphatic rings. The van der Waals surface area contributed by atoms with Crippen molar-refractivity contribution in [3.63, 3.8) is 0 Å². The second kappa shape index (κ2) is 6.20. The summed E-state index contributed by atoms with van der Waals surface area (Å²) in [6, 6.07) is 0. The molecule has 0 saturated carbocycles. The predicted octanol–water partition coefficient (Wildman–Crippen LogP) is 0.352. The molecule has 0 spiro atoms. The molecule has 0 heterocycles. The number of sulfone groups is 1. The van der Waals surface area contributed by atoms with E-state index in [1.54, 1.807) is 27.7 Å². The summed E-state index contributed by atoms with van der Waals surface area (Å²) in [7, 11) is -3.12. The number of ether oxygens (including phenoxy) is 1. The zero-order valence-electron chi connectivity index (χ0n) is 10.4. The van der Waals surface area contributed by atoms with Crippen LogP contribution in [0.25, 0.3) is 0 Å². The molecule has 0 atom stereocenters. The van der Waals surface area contributed by atoms with Crippen molar-refractivity contribution in [2.45, 2.75) is 32.4 Å². The molecule has 0 aliphatic carbocycles. The maximum atomic E-state index is 11.7. The number of carbonyl (C=O) groups excluding carboxylic acids is 1. The summed E-state index contributed by atoms with van der Waals surface area (Å²) in [4.78, 5) is 10.9. The zero-order valence-corrected chi connectivity index (χ0v) is 11.2. The highest BCUT2D eigenvalue weighted by Crippen LogP contribution is 2.14. The van der Waals surface area contributed by atoms with Gasteiger partial charge in [0.25, 0.3) is 0 Å². The highest BCUT2D eigenvalue weighted by molar-refractivity contribution is 7.92. The van der Waals surface area contributed by atoms with E-state index in [1.807, 2.05) is 0 Å². The lowest BCUT2D eigenvalue weighted by molar-refractivity contribution is -0.141. The Morgan fingerprint density at radius 3 is 2.31 bits per heavy atom. The van der Waals surface area contributed by atoms with Gasteiger partial charge in [-0.1, -0.05) is 0 Å². The van der Waals surface area contributed by atoms with Gasteiger partial charge in [-0.3, -0.25) is 4.79 Å². The molecule has 0 aromatic carbocycles. The van der Waals surface area contributed by atoms with Gasteiger partial charge < -0.3 is 10.1 Å². The Bertz CT molecular complexity index is 316. The minimum absolute atomic E-state index is 0.0237. The van der Waals surface area contributed by atoms with Gasteiger partial charge in [0.1, 0.15) is 0 Å². The van der Waals surface area contributed by atoms with Gasteiger partial charge in [-0.05, 0) is 27.7 Å². The highest BCUT2D eigenvalue weighted by atomic mass is 32.2. The fraction of sp³-hybridized carbons (Fsp3) is 0.900. The van der Waals surface area contributed by atoms with Gasteiger partial charge in [0, 0.05) is 6.54 Å². The van der Waals surface area contributed by atoms with E-state index >= 15 is 0 Å². The van der Waals surface area contributed by atoms with E-state index in [-0.39, 0.29) is 24.8 Å². The van der Waals surface area contributed by atoms with Crippen LogP contribution in [-0.2, 0) is 19.4 Å². The van der Waals surface area contributed by atoms with Crippen molar-refractivity contribution in [1.82, 2.24) is 5.32 Å². The molecule has 0 amide bonds. The van der Waals surface area contributed by atoms with Gasteiger partial charge >= 0.3 is 5.97 Å². The average Bonchev–Trinajstić information content (AvgIpc) is 2.11. The number of nitrogens with one attached hydrogen (secondary N) is 1. The minimum Gasteiger partial charge on any atom is -0.465 e. The molecule has 5 nitrogen and oxygen atoms in total. The third-order valence-electron chi connectivity index (χ3n) is 2.06. The van der Waals surface area contributed by atoms with E-state index in [9.17, 15) is 13.2 Å². The summed E-state index contributed by atoms with van der Waals surface area (Å²) < 4.78 is 27.3. The lowest BCUT2D eigenvalue weighted by Gasteiger charge is -2.19. The number of hydrogen-bond donors (Lipinski definition) is 1. The summed E-state index contributed by atoms with van der Waals surface area (Å²) in [5.41, 5.74) is 0. The van der Waals surface area contributed by atoms with Crippen molar-refractivity contribution in [1.29, 1.82) is 0 Å². The number of esters is 1. The maximum Gasteiger partial charge on any atom is 0.319 e. The Hall–Kier alpha value is -0.620. The third-order valence-corrected chi connectivity index (χ3v) is 4.66. The monoisotopic (exact) mass is 251 g/mol. The lowest BCUT2D eigenvalue weighted by atomic mass is 10.3. The first-order chi connectivity index (χ1) is 7.20. The van der Waals surface area contributed by atoms with Crippen molar-refractivity contribution in [2.24, 2.45) is 0 Å². The van der Waals surface area contributed by atoms with E-state index in [2.05, 4.69) is 5.32 Å². The molecule has 0 unspecified atom stereocenters. The van der Waals surface area contributed by atoms with Gasteiger partial charge in [-0.25, -0.2) is 8.42 Å². The molecular formula is C10H21NO4S. The molecule has 0 radical (unpaired) electrons. The van der Waals surface area contributed by atoms with Crippen LogP contribution < -0.4 is 5.32 Å². The Balaban J connectivity index is 3.88. The van der Waals surface area contributed by atoms with Gasteiger partial charge in [0.15, 0.2) is 9.84 Å². The number of rotatable bonds is 6. The van der Waals surface area contributed by atoms with Crippen molar-refractivity contribution in [3.05, 3.63) is 0 Å². The molecule has 0 aromatic heterocycles. The molecule has 0 aliphatic heterocycles. The lowest BCUT2D eigenvalue weighted by Crippen LogP contribution is -2.36. The quantitative estimate of drug-likeness (QED) is 0.545.